The van der Waals surface area contributed by atoms with E-state index >= 15 is 0 Å². The van der Waals surface area contributed by atoms with Crippen LogP contribution in [0.4, 0.5) is 16.2 Å². The van der Waals surface area contributed by atoms with Crippen LogP contribution in [0.5, 0.6) is 0 Å². The summed E-state index contributed by atoms with van der Waals surface area (Å²) in [6.45, 7) is 3.64. The largest absolute Gasteiger partial charge is 0.335 e. The fourth-order valence-electron chi connectivity index (χ4n) is 2.90. The molecule has 1 heterocycles. The Morgan fingerprint density at radius 2 is 1.67 bits per heavy atom. The highest BCUT2D eigenvalue weighted by atomic mass is 16.6. The molecule has 2 aromatic carbocycles. The molecule has 1 aliphatic heterocycles. The SMILES string of the molecule is Cc1cc(C)cc(N2C(=O)NC(=O)/C(=C\c3ccccc3[N+](=O)[O-])C2=O)c1. The molecule has 0 unspecified atom stereocenters. The quantitative estimate of drug-likeness (QED) is 0.389. The molecule has 0 aromatic heterocycles. The second-order valence-electron chi connectivity index (χ2n) is 6.12. The summed E-state index contributed by atoms with van der Waals surface area (Å²) in [6.07, 6.45) is 1.12. The van der Waals surface area contributed by atoms with E-state index in [1.807, 2.05) is 19.9 Å². The third-order valence-electron chi connectivity index (χ3n) is 4.00. The second kappa shape index (κ2) is 6.83. The summed E-state index contributed by atoms with van der Waals surface area (Å²) in [5.41, 5.74) is 1.48. The van der Waals surface area contributed by atoms with E-state index in [2.05, 4.69) is 5.32 Å². The summed E-state index contributed by atoms with van der Waals surface area (Å²) in [5.74, 6) is -1.74. The minimum absolute atomic E-state index is 0.0933. The maximum absolute atomic E-state index is 12.9. The Kier molecular flexibility index (Phi) is 4.55. The van der Waals surface area contributed by atoms with Gasteiger partial charge >= 0.3 is 6.03 Å². The number of nitrogens with zero attached hydrogens (tertiary/aromatic N) is 2. The van der Waals surface area contributed by atoms with Crippen LogP contribution in [0.3, 0.4) is 0 Å². The van der Waals surface area contributed by atoms with Crippen LogP contribution in [0.25, 0.3) is 6.08 Å². The zero-order valence-electron chi connectivity index (χ0n) is 14.6. The number of carbonyl (C=O) groups excluding carboxylic acids is 3. The number of barbiturate groups is 1. The summed E-state index contributed by atoms with van der Waals surface area (Å²) < 4.78 is 0. The number of carbonyl (C=O) groups is 3. The summed E-state index contributed by atoms with van der Waals surface area (Å²) in [5, 5.41) is 13.3. The van der Waals surface area contributed by atoms with Gasteiger partial charge in [0.15, 0.2) is 0 Å². The van der Waals surface area contributed by atoms with E-state index in [0.717, 1.165) is 22.1 Å². The molecule has 0 aliphatic carbocycles. The van der Waals surface area contributed by atoms with Gasteiger partial charge in [-0.2, -0.15) is 0 Å². The number of nitro groups is 1. The number of para-hydroxylation sites is 1. The summed E-state index contributed by atoms with van der Waals surface area (Å²) in [4.78, 5) is 48.7. The number of nitro benzene ring substituents is 1. The molecule has 0 bridgehead atoms. The highest BCUT2D eigenvalue weighted by Crippen LogP contribution is 2.26. The smallest absolute Gasteiger partial charge is 0.273 e. The van der Waals surface area contributed by atoms with Gasteiger partial charge in [0.1, 0.15) is 5.57 Å². The third-order valence-corrected chi connectivity index (χ3v) is 4.00. The number of amides is 4. The van der Waals surface area contributed by atoms with Crippen LogP contribution in [0, 0.1) is 24.0 Å². The van der Waals surface area contributed by atoms with Crippen molar-refractivity contribution in [1.29, 1.82) is 0 Å². The van der Waals surface area contributed by atoms with E-state index in [-0.39, 0.29) is 16.8 Å². The number of benzene rings is 2. The zero-order chi connectivity index (χ0) is 19.7. The van der Waals surface area contributed by atoms with Crippen molar-refractivity contribution in [3.8, 4) is 0 Å². The van der Waals surface area contributed by atoms with Crippen molar-refractivity contribution in [1.82, 2.24) is 5.32 Å². The molecule has 0 atom stereocenters. The van der Waals surface area contributed by atoms with E-state index in [1.165, 1.54) is 18.2 Å². The summed E-state index contributed by atoms with van der Waals surface area (Å²) in [6, 6.07) is 10.0. The van der Waals surface area contributed by atoms with Crippen LogP contribution in [-0.2, 0) is 9.59 Å². The number of urea groups is 1. The molecule has 2 aromatic rings. The van der Waals surface area contributed by atoms with Crippen molar-refractivity contribution >= 4 is 35.3 Å². The van der Waals surface area contributed by atoms with Gasteiger partial charge in [0, 0.05) is 6.07 Å². The third kappa shape index (κ3) is 3.45. The lowest BCUT2D eigenvalue weighted by molar-refractivity contribution is -0.385. The first-order valence-corrected chi connectivity index (χ1v) is 8.01. The van der Waals surface area contributed by atoms with Gasteiger partial charge in [-0.05, 0) is 49.2 Å². The standard InChI is InChI=1S/C19H15N3O5/c1-11-7-12(2)9-14(8-11)21-18(24)15(17(23)20-19(21)25)10-13-5-3-4-6-16(13)22(26)27/h3-10H,1-2H3,(H,20,23,25)/b15-10+. The topological polar surface area (TPSA) is 110 Å². The van der Waals surface area contributed by atoms with Crippen molar-refractivity contribution in [2.45, 2.75) is 13.8 Å². The molecule has 8 nitrogen and oxygen atoms in total. The molecule has 0 radical (unpaired) electrons. The minimum Gasteiger partial charge on any atom is -0.273 e. The van der Waals surface area contributed by atoms with E-state index in [4.69, 9.17) is 0 Å². The molecule has 27 heavy (non-hydrogen) atoms. The fraction of sp³-hybridized carbons (Fsp3) is 0.105. The van der Waals surface area contributed by atoms with Crippen LogP contribution in [0.1, 0.15) is 16.7 Å². The first-order chi connectivity index (χ1) is 12.8. The maximum Gasteiger partial charge on any atom is 0.335 e. The Morgan fingerprint density at radius 1 is 1.04 bits per heavy atom. The Labute approximate surface area is 154 Å². The fourth-order valence-corrected chi connectivity index (χ4v) is 2.90. The Hall–Kier alpha value is -3.81. The number of rotatable bonds is 3. The molecule has 8 heteroatoms. The molecule has 1 saturated heterocycles. The summed E-state index contributed by atoms with van der Waals surface area (Å²) >= 11 is 0. The summed E-state index contributed by atoms with van der Waals surface area (Å²) in [7, 11) is 0. The van der Waals surface area contributed by atoms with Crippen LogP contribution in [0.2, 0.25) is 0 Å². The van der Waals surface area contributed by atoms with E-state index in [9.17, 15) is 24.5 Å². The van der Waals surface area contributed by atoms with Gasteiger partial charge in [0.25, 0.3) is 17.5 Å². The molecule has 0 saturated carbocycles. The van der Waals surface area contributed by atoms with Crippen LogP contribution in [-0.4, -0.2) is 22.8 Å². The average molecular weight is 365 g/mol. The first kappa shape index (κ1) is 18.0. The number of hydrogen-bond acceptors (Lipinski definition) is 5. The number of imide groups is 2. The predicted octanol–water partition coefficient (Wildman–Crippen LogP) is 2.88. The average Bonchev–Trinajstić information content (AvgIpc) is 2.57. The molecule has 1 fully saturated rings. The Balaban J connectivity index is 2.09. The molecular formula is C19H15N3O5. The lowest BCUT2D eigenvalue weighted by Gasteiger charge is -2.27. The van der Waals surface area contributed by atoms with Gasteiger partial charge in [-0.25, -0.2) is 9.69 Å². The molecule has 4 amide bonds. The second-order valence-corrected chi connectivity index (χ2v) is 6.12. The van der Waals surface area contributed by atoms with Gasteiger partial charge < -0.3 is 0 Å². The van der Waals surface area contributed by atoms with Crippen molar-refractivity contribution < 1.29 is 19.3 Å². The van der Waals surface area contributed by atoms with Crippen molar-refractivity contribution in [2.75, 3.05) is 4.90 Å². The maximum atomic E-state index is 12.9. The van der Waals surface area contributed by atoms with Crippen LogP contribution < -0.4 is 10.2 Å². The molecule has 136 valence electrons. The van der Waals surface area contributed by atoms with Crippen molar-refractivity contribution in [2.24, 2.45) is 0 Å². The monoisotopic (exact) mass is 365 g/mol. The highest BCUT2D eigenvalue weighted by molar-refractivity contribution is 6.39. The lowest BCUT2D eigenvalue weighted by Crippen LogP contribution is -2.54. The van der Waals surface area contributed by atoms with E-state index in [0.29, 0.717) is 5.69 Å². The van der Waals surface area contributed by atoms with Gasteiger partial charge in [0.05, 0.1) is 16.2 Å². The number of aryl methyl sites for hydroxylation is 2. The zero-order valence-corrected chi connectivity index (χ0v) is 14.6. The van der Waals surface area contributed by atoms with Crippen LogP contribution in [0.15, 0.2) is 48.0 Å². The minimum atomic E-state index is -0.899. The molecule has 1 N–H and O–H groups in total. The number of nitrogens with one attached hydrogen (secondary N) is 1. The van der Waals surface area contributed by atoms with Crippen molar-refractivity contribution in [3.63, 3.8) is 0 Å². The van der Waals surface area contributed by atoms with Crippen LogP contribution >= 0.6 is 0 Å². The molecule has 1 aliphatic rings. The van der Waals surface area contributed by atoms with Gasteiger partial charge in [-0.1, -0.05) is 18.2 Å². The molecule has 0 spiro atoms. The lowest BCUT2D eigenvalue weighted by atomic mass is 10.0. The molecular weight excluding hydrogens is 350 g/mol. The normalized spacial score (nSPS) is 15.9. The van der Waals surface area contributed by atoms with Gasteiger partial charge in [-0.15, -0.1) is 0 Å². The Morgan fingerprint density at radius 3 is 2.30 bits per heavy atom. The first-order valence-electron chi connectivity index (χ1n) is 8.01. The van der Waals surface area contributed by atoms with Gasteiger partial charge in [0.2, 0.25) is 0 Å². The number of anilines is 1. The van der Waals surface area contributed by atoms with Gasteiger partial charge in [-0.3, -0.25) is 25.0 Å². The number of hydrogen-bond donors (Lipinski definition) is 1. The van der Waals surface area contributed by atoms with E-state index in [1.54, 1.807) is 18.2 Å². The highest BCUT2D eigenvalue weighted by Gasteiger charge is 2.37. The Bertz CT molecular complexity index is 1010. The van der Waals surface area contributed by atoms with Crippen molar-refractivity contribution in [3.05, 3.63) is 74.8 Å². The predicted molar refractivity (Wildman–Crippen MR) is 98.0 cm³/mol. The van der Waals surface area contributed by atoms with E-state index < -0.39 is 22.8 Å². The molecule has 3 rings (SSSR count).